The number of rotatable bonds is 6. The molecular weight excluding hydrogens is 351 g/mol. The predicted molar refractivity (Wildman–Crippen MR) is 90.1 cm³/mol. The smallest absolute Gasteiger partial charge is 0.349 e. The van der Waals surface area contributed by atoms with Crippen molar-refractivity contribution in [3.05, 3.63) is 53.3 Å². The topological polar surface area (TPSA) is 54.9 Å². The number of aromatic nitrogens is 2. The lowest BCUT2D eigenvalue weighted by atomic mass is 10.1. The molecule has 2 aromatic rings. The molecular formula is C17H18F3N3OS. The third-order valence-electron chi connectivity index (χ3n) is 3.52. The number of hydrogen-bond donors (Lipinski definition) is 1. The molecule has 1 N–H and O–H groups in total. The van der Waals surface area contributed by atoms with E-state index >= 15 is 0 Å². The van der Waals surface area contributed by atoms with Crippen molar-refractivity contribution in [3.8, 4) is 0 Å². The van der Waals surface area contributed by atoms with E-state index in [1.807, 2.05) is 31.2 Å². The van der Waals surface area contributed by atoms with Crippen LogP contribution in [0.3, 0.4) is 0 Å². The SMILES string of the molecule is CCc1ccc(C(C)NC(=O)CSc2nccc(C(F)(F)F)n2)cc1. The molecule has 1 amide bonds. The fourth-order valence-electron chi connectivity index (χ4n) is 2.11. The maximum Gasteiger partial charge on any atom is 0.433 e. The summed E-state index contributed by atoms with van der Waals surface area (Å²) in [6, 6.07) is 8.51. The van der Waals surface area contributed by atoms with E-state index in [1.54, 1.807) is 0 Å². The third kappa shape index (κ3) is 5.74. The summed E-state index contributed by atoms with van der Waals surface area (Å²) in [6.07, 6.45) is -2.55. The van der Waals surface area contributed by atoms with Crippen LogP contribution in [0.4, 0.5) is 13.2 Å². The van der Waals surface area contributed by atoms with Crippen molar-refractivity contribution in [2.45, 2.75) is 37.6 Å². The average Bonchev–Trinajstić information content (AvgIpc) is 2.59. The number of aryl methyl sites for hydroxylation is 1. The number of nitrogens with zero attached hydrogens (tertiary/aromatic N) is 2. The number of carbonyl (C=O) groups excluding carboxylic acids is 1. The van der Waals surface area contributed by atoms with Gasteiger partial charge in [0.15, 0.2) is 5.16 Å². The molecule has 0 fully saturated rings. The molecule has 134 valence electrons. The first-order valence-electron chi connectivity index (χ1n) is 7.71. The Morgan fingerprint density at radius 3 is 2.52 bits per heavy atom. The first-order valence-corrected chi connectivity index (χ1v) is 8.69. The second kappa shape index (κ2) is 8.33. The molecule has 25 heavy (non-hydrogen) atoms. The lowest BCUT2D eigenvalue weighted by Crippen LogP contribution is -2.28. The van der Waals surface area contributed by atoms with Crippen LogP contribution in [0.15, 0.2) is 41.7 Å². The van der Waals surface area contributed by atoms with Crippen LogP contribution in [0.2, 0.25) is 0 Å². The van der Waals surface area contributed by atoms with Gasteiger partial charge in [-0.05, 0) is 30.5 Å². The number of alkyl halides is 3. The molecule has 0 saturated carbocycles. The summed E-state index contributed by atoms with van der Waals surface area (Å²) in [5, 5.41) is 2.73. The summed E-state index contributed by atoms with van der Waals surface area (Å²) in [7, 11) is 0. The number of nitrogens with one attached hydrogen (secondary N) is 1. The molecule has 1 aromatic carbocycles. The summed E-state index contributed by atoms with van der Waals surface area (Å²) < 4.78 is 37.8. The molecule has 1 atom stereocenters. The predicted octanol–water partition coefficient (Wildman–Crippen LogP) is 4.03. The molecule has 0 aliphatic carbocycles. The van der Waals surface area contributed by atoms with Crippen molar-refractivity contribution in [2.24, 2.45) is 0 Å². The Morgan fingerprint density at radius 2 is 1.92 bits per heavy atom. The van der Waals surface area contributed by atoms with Crippen LogP contribution < -0.4 is 5.32 Å². The Bertz CT molecular complexity index is 720. The van der Waals surface area contributed by atoms with Gasteiger partial charge in [-0.1, -0.05) is 43.0 Å². The van der Waals surface area contributed by atoms with Gasteiger partial charge in [-0.25, -0.2) is 9.97 Å². The van der Waals surface area contributed by atoms with E-state index in [0.29, 0.717) is 0 Å². The Kier molecular flexibility index (Phi) is 6.41. The highest BCUT2D eigenvalue weighted by Crippen LogP contribution is 2.28. The number of thioether (sulfide) groups is 1. The Balaban J connectivity index is 1.89. The van der Waals surface area contributed by atoms with Gasteiger partial charge < -0.3 is 5.32 Å². The maximum atomic E-state index is 12.6. The Hall–Kier alpha value is -2.09. The van der Waals surface area contributed by atoms with Gasteiger partial charge in [0.05, 0.1) is 11.8 Å². The average molecular weight is 369 g/mol. The summed E-state index contributed by atoms with van der Waals surface area (Å²) in [5.74, 6) is -0.350. The van der Waals surface area contributed by atoms with Gasteiger partial charge in [0.2, 0.25) is 5.91 Å². The normalized spacial score (nSPS) is 12.7. The van der Waals surface area contributed by atoms with Crippen LogP contribution in [-0.4, -0.2) is 21.6 Å². The quantitative estimate of drug-likeness (QED) is 0.617. The number of benzene rings is 1. The molecule has 0 radical (unpaired) electrons. The first-order chi connectivity index (χ1) is 11.8. The van der Waals surface area contributed by atoms with E-state index in [-0.39, 0.29) is 22.9 Å². The minimum atomic E-state index is -4.53. The van der Waals surface area contributed by atoms with Gasteiger partial charge in [0, 0.05) is 6.20 Å². The molecule has 8 heteroatoms. The highest BCUT2D eigenvalue weighted by atomic mass is 32.2. The standard InChI is InChI=1S/C17H18F3N3OS/c1-3-12-4-6-13(7-5-12)11(2)22-15(24)10-25-16-21-9-8-14(23-16)17(18,19)20/h4-9,11H,3,10H2,1-2H3,(H,22,24). The van der Waals surface area contributed by atoms with Gasteiger partial charge >= 0.3 is 6.18 Å². The van der Waals surface area contributed by atoms with Gasteiger partial charge in [-0.3, -0.25) is 4.79 Å². The lowest BCUT2D eigenvalue weighted by Gasteiger charge is -2.14. The Morgan fingerprint density at radius 1 is 1.24 bits per heavy atom. The zero-order valence-corrected chi connectivity index (χ0v) is 14.6. The minimum absolute atomic E-state index is 0.0569. The largest absolute Gasteiger partial charge is 0.433 e. The minimum Gasteiger partial charge on any atom is -0.349 e. The summed E-state index contributed by atoms with van der Waals surface area (Å²) in [6.45, 7) is 3.91. The fourth-order valence-corrected chi connectivity index (χ4v) is 2.75. The van der Waals surface area contributed by atoms with Crippen LogP contribution in [-0.2, 0) is 17.4 Å². The van der Waals surface area contributed by atoms with Crippen molar-refractivity contribution in [1.82, 2.24) is 15.3 Å². The van der Waals surface area contributed by atoms with Crippen molar-refractivity contribution >= 4 is 17.7 Å². The number of hydrogen-bond acceptors (Lipinski definition) is 4. The lowest BCUT2D eigenvalue weighted by molar-refractivity contribution is -0.141. The van der Waals surface area contributed by atoms with E-state index in [0.717, 1.165) is 36.0 Å². The molecule has 1 heterocycles. The van der Waals surface area contributed by atoms with Crippen molar-refractivity contribution in [1.29, 1.82) is 0 Å². The molecule has 4 nitrogen and oxygen atoms in total. The van der Waals surface area contributed by atoms with Crippen LogP contribution in [0.25, 0.3) is 0 Å². The molecule has 1 unspecified atom stereocenters. The molecule has 0 spiro atoms. The second-order valence-electron chi connectivity index (χ2n) is 5.40. The highest BCUT2D eigenvalue weighted by molar-refractivity contribution is 7.99. The Labute approximate surface area is 148 Å². The zero-order valence-electron chi connectivity index (χ0n) is 13.8. The molecule has 0 aliphatic heterocycles. The van der Waals surface area contributed by atoms with Gasteiger partial charge in [-0.15, -0.1) is 0 Å². The zero-order chi connectivity index (χ0) is 18.4. The van der Waals surface area contributed by atoms with Gasteiger partial charge in [0.1, 0.15) is 5.69 Å². The van der Waals surface area contributed by atoms with Crippen LogP contribution in [0.5, 0.6) is 0 Å². The molecule has 0 bridgehead atoms. The maximum absolute atomic E-state index is 12.6. The van der Waals surface area contributed by atoms with E-state index in [1.165, 1.54) is 5.56 Å². The summed E-state index contributed by atoms with van der Waals surface area (Å²) >= 11 is 0.868. The van der Waals surface area contributed by atoms with E-state index in [2.05, 4.69) is 22.2 Å². The van der Waals surface area contributed by atoms with Crippen LogP contribution in [0.1, 0.15) is 36.7 Å². The van der Waals surface area contributed by atoms with Crippen molar-refractivity contribution in [3.63, 3.8) is 0 Å². The first kappa shape index (κ1) is 19.2. The van der Waals surface area contributed by atoms with E-state index in [9.17, 15) is 18.0 Å². The van der Waals surface area contributed by atoms with E-state index in [4.69, 9.17) is 0 Å². The third-order valence-corrected chi connectivity index (χ3v) is 4.38. The van der Waals surface area contributed by atoms with E-state index < -0.39 is 11.9 Å². The number of amides is 1. The highest BCUT2D eigenvalue weighted by Gasteiger charge is 2.32. The van der Waals surface area contributed by atoms with Crippen LogP contribution >= 0.6 is 11.8 Å². The molecule has 0 saturated heterocycles. The second-order valence-corrected chi connectivity index (χ2v) is 6.34. The summed E-state index contributed by atoms with van der Waals surface area (Å²) in [5.41, 5.74) is 1.15. The number of halogens is 3. The van der Waals surface area contributed by atoms with Crippen molar-refractivity contribution in [2.75, 3.05) is 5.75 Å². The fraction of sp³-hybridized carbons (Fsp3) is 0.353. The number of carbonyl (C=O) groups is 1. The van der Waals surface area contributed by atoms with Crippen molar-refractivity contribution < 1.29 is 18.0 Å². The monoisotopic (exact) mass is 369 g/mol. The van der Waals surface area contributed by atoms with Crippen LogP contribution in [0, 0.1) is 0 Å². The van der Waals surface area contributed by atoms with Gasteiger partial charge in [0.25, 0.3) is 0 Å². The molecule has 1 aromatic heterocycles. The summed E-state index contributed by atoms with van der Waals surface area (Å²) in [4.78, 5) is 19.2. The molecule has 0 aliphatic rings. The van der Waals surface area contributed by atoms with Gasteiger partial charge in [-0.2, -0.15) is 13.2 Å². The molecule has 2 rings (SSSR count).